The van der Waals surface area contributed by atoms with Crippen molar-refractivity contribution < 1.29 is 29.0 Å². The lowest BCUT2D eigenvalue weighted by Crippen LogP contribution is -2.48. The van der Waals surface area contributed by atoms with Crippen LogP contribution >= 0.6 is 11.8 Å². The maximum atomic E-state index is 13.2. The lowest BCUT2D eigenvalue weighted by atomic mass is 9.95. The van der Waals surface area contributed by atoms with E-state index in [9.17, 15) is 24.3 Å². The van der Waals surface area contributed by atoms with E-state index in [-0.39, 0.29) is 28.4 Å². The summed E-state index contributed by atoms with van der Waals surface area (Å²) in [6, 6.07) is 3.50. The summed E-state index contributed by atoms with van der Waals surface area (Å²) in [5.74, 6) is -1.76. The van der Waals surface area contributed by atoms with Gasteiger partial charge < -0.3 is 20.9 Å². The zero-order valence-electron chi connectivity index (χ0n) is 19.2. The highest BCUT2D eigenvalue weighted by Crippen LogP contribution is 2.26. The van der Waals surface area contributed by atoms with Crippen molar-refractivity contribution in [2.75, 3.05) is 0 Å². The number of thioether (sulfide) groups is 1. The first-order valence-corrected chi connectivity index (χ1v) is 11.7. The second kappa shape index (κ2) is 13.8. The number of phenolic OH excluding ortho intramolecular Hbond substituents is 1. The topological polar surface area (TPSA) is 136 Å². The number of benzene rings is 1. The van der Waals surface area contributed by atoms with Gasteiger partial charge in [-0.3, -0.25) is 9.59 Å². The van der Waals surface area contributed by atoms with Gasteiger partial charge in [-0.1, -0.05) is 57.4 Å². The Morgan fingerprint density at radius 1 is 1.19 bits per heavy atom. The molecule has 9 heteroatoms. The van der Waals surface area contributed by atoms with E-state index in [0.29, 0.717) is 17.5 Å². The first-order chi connectivity index (χ1) is 15.0. The Morgan fingerprint density at radius 2 is 1.88 bits per heavy atom. The molecule has 0 aliphatic rings. The monoisotopic (exact) mass is 466 g/mol. The number of esters is 1. The van der Waals surface area contributed by atoms with Crippen molar-refractivity contribution in [3.63, 3.8) is 0 Å². The molecule has 3 atom stereocenters. The number of carbonyl (C=O) groups is 4. The van der Waals surface area contributed by atoms with Gasteiger partial charge >= 0.3 is 12.1 Å². The van der Waals surface area contributed by atoms with Gasteiger partial charge in [0.25, 0.3) is 0 Å². The Bertz CT molecular complexity index is 814. The molecule has 0 saturated heterocycles. The number of rotatable bonds is 12. The lowest BCUT2D eigenvalue weighted by molar-refractivity contribution is -0.142. The molecule has 8 nitrogen and oxygen atoms in total. The summed E-state index contributed by atoms with van der Waals surface area (Å²) >= 11 is 1.09. The van der Waals surface area contributed by atoms with E-state index in [2.05, 4.69) is 17.0 Å². The third-order valence-electron chi connectivity index (χ3n) is 5.18. The number of nitrogens with one attached hydrogen (secondary N) is 1. The second-order valence-corrected chi connectivity index (χ2v) is 9.44. The summed E-state index contributed by atoms with van der Waals surface area (Å²) in [6.45, 7) is 7.12. The fourth-order valence-electron chi connectivity index (χ4n) is 3.49. The number of hydrogen-bond acceptors (Lipinski definition) is 7. The molecule has 2 amide bonds. The van der Waals surface area contributed by atoms with Gasteiger partial charge in [-0.2, -0.15) is 0 Å². The van der Waals surface area contributed by atoms with Crippen LogP contribution in [0.5, 0.6) is 5.75 Å². The minimum absolute atomic E-state index is 0.0563. The lowest BCUT2D eigenvalue weighted by Gasteiger charge is -2.25. The number of nitrogens with two attached hydrogens (primary N) is 1. The zero-order valence-corrected chi connectivity index (χ0v) is 20.0. The summed E-state index contributed by atoms with van der Waals surface area (Å²) < 4.78 is 4.54. The second-order valence-electron chi connectivity index (χ2n) is 7.89. The summed E-state index contributed by atoms with van der Waals surface area (Å²) in [5.41, 5.74) is 6.40. The molecule has 1 aromatic rings. The number of hydrogen-bond donors (Lipinski definition) is 3. The van der Waals surface area contributed by atoms with Gasteiger partial charge in [0.2, 0.25) is 5.91 Å². The van der Waals surface area contributed by atoms with Gasteiger partial charge in [0, 0.05) is 24.5 Å². The minimum atomic E-state index is -1.26. The number of phenols is 1. The van der Waals surface area contributed by atoms with Crippen LogP contribution in [-0.2, 0) is 25.5 Å². The number of ether oxygens (including phenoxy) is 1. The maximum Gasteiger partial charge on any atom is 0.412 e. The Labute approximate surface area is 193 Å². The first-order valence-electron chi connectivity index (χ1n) is 10.8. The smallest absolute Gasteiger partial charge is 0.412 e. The third-order valence-corrected chi connectivity index (χ3v) is 6.21. The standard InChI is InChI=1S/C23H34N2O6S/c1-5-6-7-8-9-19(15(3)32-16(4)26)21(28)25-20(22(29)31-23(24)30)13-17-10-11-18(27)12-14(17)2/h10-12,15,19-20,27H,5-9,13H2,1-4H3,(H2,24,30)(H,25,28)/t15?,19?,20-/m0/s1. The molecule has 0 bridgehead atoms. The Kier molecular flexibility index (Phi) is 11.8. The van der Waals surface area contributed by atoms with Gasteiger partial charge in [0.15, 0.2) is 5.12 Å². The molecule has 0 aromatic heterocycles. The third kappa shape index (κ3) is 9.72. The number of unbranched alkanes of at least 4 members (excludes halogenated alkanes) is 3. The van der Waals surface area contributed by atoms with Gasteiger partial charge in [-0.05, 0) is 36.6 Å². The van der Waals surface area contributed by atoms with E-state index in [0.717, 1.165) is 37.4 Å². The molecule has 0 radical (unpaired) electrons. The number of primary amides is 1. The van der Waals surface area contributed by atoms with E-state index in [4.69, 9.17) is 5.73 Å². The highest BCUT2D eigenvalue weighted by atomic mass is 32.2. The molecule has 32 heavy (non-hydrogen) atoms. The Morgan fingerprint density at radius 3 is 2.44 bits per heavy atom. The first kappa shape index (κ1) is 27.5. The van der Waals surface area contributed by atoms with Crippen molar-refractivity contribution in [2.45, 2.75) is 77.5 Å². The quantitative estimate of drug-likeness (QED) is 0.243. The molecule has 1 rings (SSSR count). The van der Waals surface area contributed by atoms with Gasteiger partial charge in [-0.15, -0.1) is 0 Å². The van der Waals surface area contributed by atoms with Gasteiger partial charge in [0.1, 0.15) is 11.8 Å². The maximum absolute atomic E-state index is 13.2. The van der Waals surface area contributed by atoms with E-state index >= 15 is 0 Å². The van der Waals surface area contributed by atoms with Crippen LogP contribution in [0.2, 0.25) is 0 Å². The van der Waals surface area contributed by atoms with Crippen LogP contribution in [-0.4, -0.2) is 39.5 Å². The Balaban J connectivity index is 3.06. The average molecular weight is 467 g/mol. The number of aromatic hydroxyl groups is 1. The molecule has 0 fully saturated rings. The molecule has 178 valence electrons. The molecule has 0 aliphatic carbocycles. The normalized spacial score (nSPS) is 13.6. The fraction of sp³-hybridized carbons (Fsp3) is 0.565. The number of amides is 2. The largest absolute Gasteiger partial charge is 0.508 e. The van der Waals surface area contributed by atoms with Crippen molar-refractivity contribution in [3.05, 3.63) is 29.3 Å². The molecule has 0 heterocycles. The molecule has 0 saturated carbocycles. The van der Waals surface area contributed by atoms with Crippen molar-refractivity contribution in [1.29, 1.82) is 0 Å². The van der Waals surface area contributed by atoms with Crippen LogP contribution in [0.1, 0.15) is 64.0 Å². The predicted octanol–water partition coefficient (Wildman–Crippen LogP) is 3.60. The predicted molar refractivity (Wildman–Crippen MR) is 124 cm³/mol. The van der Waals surface area contributed by atoms with Crippen LogP contribution < -0.4 is 11.1 Å². The highest BCUT2D eigenvalue weighted by molar-refractivity contribution is 8.14. The van der Waals surface area contributed by atoms with Crippen LogP contribution in [0.4, 0.5) is 4.79 Å². The summed E-state index contributed by atoms with van der Waals surface area (Å²) in [4.78, 5) is 48.4. The van der Waals surface area contributed by atoms with E-state index in [1.807, 2.05) is 6.92 Å². The van der Waals surface area contributed by atoms with E-state index in [1.165, 1.54) is 19.1 Å². The van der Waals surface area contributed by atoms with Crippen LogP contribution in [0.15, 0.2) is 18.2 Å². The Hall–Kier alpha value is -2.55. The van der Waals surface area contributed by atoms with Crippen molar-refractivity contribution >= 4 is 34.8 Å². The van der Waals surface area contributed by atoms with E-state index < -0.39 is 24.0 Å². The van der Waals surface area contributed by atoms with Crippen molar-refractivity contribution in [3.8, 4) is 5.75 Å². The molecule has 0 spiro atoms. The van der Waals surface area contributed by atoms with Crippen molar-refractivity contribution in [1.82, 2.24) is 5.32 Å². The average Bonchev–Trinajstić information content (AvgIpc) is 2.68. The van der Waals surface area contributed by atoms with E-state index in [1.54, 1.807) is 13.0 Å². The van der Waals surface area contributed by atoms with Crippen LogP contribution in [0.25, 0.3) is 0 Å². The minimum Gasteiger partial charge on any atom is -0.508 e. The molecular weight excluding hydrogens is 432 g/mol. The zero-order chi connectivity index (χ0) is 24.3. The molecule has 1 aromatic carbocycles. The molecule has 0 aliphatic heterocycles. The van der Waals surface area contributed by atoms with Gasteiger partial charge in [-0.25, -0.2) is 9.59 Å². The molecule has 2 unspecified atom stereocenters. The van der Waals surface area contributed by atoms with Crippen LogP contribution in [0.3, 0.4) is 0 Å². The fourth-order valence-corrected chi connectivity index (χ4v) is 4.43. The van der Waals surface area contributed by atoms with Crippen molar-refractivity contribution in [2.24, 2.45) is 11.7 Å². The highest BCUT2D eigenvalue weighted by Gasteiger charge is 2.31. The summed E-state index contributed by atoms with van der Waals surface area (Å²) in [7, 11) is 0. The molecular formula is C23H34N2O6S. The summed E-state index contributed by atoms with van der Waals surface area (Å²) in [6.07, 6.45) is 3.27. The molecule has 4 N–H and O–H groups in total. The van der Waals surface area contributed by atoms with Crippen LogP contribution in [0, 0.1) is 12.8 Å². The summed E-state index contributed by atoms with van der Waals surface area (Å²) in [5, 5.41) is 11.9. The number of aryl methyl sites for hydroxylation is 1. The SMILES string of the molecule is CCCCCCC(C(=O)N[C@@H](Cc1ccc(O)cc1C)C(=O)OC(N)=O)C(C)SC(C)=O. The van der Waals surface area contributed by atoms with Gasteiger partial charge in [0.05, 0.1) is 0 Å². The number of carbonyl (C=O) groups excluding carboxylic acids is 4.